The van der Waals surface area contributed by atoms with Gasteiger partial charge in [-0.3, -0.25) is 13.9 Å². The maximum Gasteiger partial charge on any atom is 0.418 e. The van der Waals surface area contributed by atoms with Gasteiger partial charge in [-0.05, 0) is 54.5 Å². The number of rotatable bonds is 6. The van der Waals surface area contributed by atoms with E-state index in [-0.39, 0.29) is 17.0 Å². The molecule has 1 aliphatic carbocycles. The lowest BCUT2D eigenvalue weighted by Gasteiger charge is -2.46. The average molecular weight is 555 g/mol. The van der Waals surface area contributed by atoms with E-state index in [2.05, 4.69) is 22.0 Å². The summed E-state index contributed by atoms with van der Waals surface area (Å²) in [6, 6.07) is 8.66. The summed E-state index contributed by atoms with van der Waals surface area (Å²) in [5.41, 5.74) is 0.0396. The van der Waals surface area contributed by atoms with Crippen LogP contribution in [0.1, 0.15) is 55.6 Å². The van der Waals surface area contributed by atoms with Crippen LogP contribution in [0.5, 0.6) is 0 Å². The fourth-order valence-electron chi connectivity index (χ4n) is 6.52. The topological polar surface area (TPSA) is 69.6 Å². The number of fused-ring (bicyclic) bond motifs is 1. The standard InChI is InChI=1S/C29H33F3N6O2/c1-4-23-16-36(8-9-40-23)14-20-10-24(29(30,31)32)25-17-37(27(39)38(25)15-20)22-7-5-6-21(11-22)28(12-19(2)13-28)26-34-33-18-35(26)3/h5-7,10-11,15,17-19,23H,4,8-9,12-14,16H2,1-3H3/t19-,23-,28+/m1/s1. The third-order valence-corrected chi connectivity index (χ3v) is 8.42. The highest BCUT2D eigenvalue weighted by atomic mass is 19.4. The van der Waals surface area contributed by atoms with Gasteiger partial charge in [-0.25, -0.2) is 4.79 Å². The Labute approximate surface area is 230 Å². The third kappa shape index (κ3) is 4.54. The van der Waals surface area contributed by atoms with Gasteiger partial charge in [0.05, 0.1) is 34.9 Å². The van der Waals surface area contributed by atoms with Crippen molar-refractivity contribution < 1.29 is 17.9 Å². The Kier molecular flexibility index (Phi) is 6.61. The van der Waals surface area contributed by atoms with E-state index in [0.29, 0.717) is 43.4 Å². The van der Waals surface area contributed by atoms with Crippen LogP contribution in [0.25, 0.3) is 11.2 Å². The maximum atomic E-state index is 14.3. The quantitative estimate of drug-likeness (QED) is 0.350. The van der Waals surface area contributed by atoms with E-state index in [1.807, 2.05) is 36.7 Å². The van der Waals surface area contributed by atoms with Crippen LogP contribution in [-0.2, 0) is 29.9 Å². The number of aryl methyl sites for hydroxylation is 1. The predicted octanol–water partition coefficient (Wildman–Crippen LogP) is 4.56. The fraction of sp³-hybridized carbons (Fsp3) is 0.483. The van der Waals surface area contributed by atoms with Gasteiger partial charge < -0.3 is 9.30 Å². The Hall–Kier alpha value is -3.44. The van der Waals surface area contributed by atoms with Crippen molar-refractivity contribution in [1.82, 2.24) is 28.6 Å². The third-order valence-electron chi connectivity index (χ3n) is 8.42. The molecule has 1 aliphatic heterocycles. The SMILES string of the molecule is CC[C@@H]1CN(Cc2cc(C(F)(F)F)c3cn(-c4cccc([C@]5(c6nncn6C)C[C@@H](C)C5)c4)c(=O)n3c2)CCO1. The second-order valence-electron chi connectivity index (χ2n) is 11.3. The lowest BCUT2D eigenvalue weighted by molar-refractivity contribution is -0.136. The largest absolute Gasteiger partial charge is 0.418 e. The molecular formula is C29H33F3N6O2. The first kappa shape index (κ1) is 26.8. The van der Waals surface area contributed by atoms with Gasteiger partial charge in [0.2, 0.25) is 0 Å². The van der Waals surface area contributed by atoms with Gasteiger partial charge in [-0.1, -0.05) is 26.0 Å². The zero-order valence-electron chi connectivity index (χ0n) is 22.9. The van der Waals surface area contributed by atoms with E-state index in [1.54, 1.807) is 18.6 Å². The van der Waals surface area contributed by atoms with Gasteiger partial charge in [0.15, 0.2) is 0 Å². The lowest BCUT2D eigenvalue weighted by Crippen LogP contribution is -2.43. The normalized spacial score (nSPS) is 23.9. The molecule has 212 valence electrons. The molecule has 1 saturated heterocycles. The van der Waals surface area contributed by atoms with Gasteiger partial charge in [0.25, 0.3) is 0 Å². The van der Waals surface area contributed by atoms with Gasteiger partial charge in [-0.2, -0.15) is 13.2 Å². The average Bonchev–Trinajstić information content (AvgIpc) is 3.49. The Morgan fingerprint density at radius 1 is 1.18 bits per heavy atom. The zero-order chi connectivity index (χ0) is 28.2. The number of halogens is 3. The van der Waals surface area contributed by atoms with Crippen molar-refractivity contribution in [2.24, 2.45) is 13.0 Å². The fourth-order valence-corrected chi connectivity index (χ4v) is 6.52. The summed E-state index contributed by atoms with van der Waals surface area (Å²) < 4.78 is 52.9. The number of pyridine rings is 1. The minimum absolute atomic E-state index is 0.0548. The molecule has 40 heavy (non-hydrogen) atoms. The summed E-state index contributed by atoms with van der Waals surface area (Å²) in [5, 5.41) is 8.46. The Bertz CT molecular complexity index is 1600. The minimum atomic E-state index is -4.62. The summed E-state index contributed by atoms with van der Waals surface area (Å²) in [6.07, 6.45) is 2.53. The van der Waals surface area contributed by atoms with Crippen molar-refractivity contribution >= 4 is 5.52 Å². The van der Waals surface area contributed by atoms with Gasteiger partial charge >= 0.3 is 11.9 Å². The first-order chi connectivity index (χ1) is 19.1. The molecule has 0 radical (unpaired) electrons. The Morgan fingerprint density at radius 2 is 1.98 bits per heavy atom. The van der Waals surface area contributed by atoms with Gasteiger partial charge in [0.1, 0.15) is 12.2 Å². The molecule has 0 N–H and O–H groups in total. The molecule has 0 amide bonds. The number of imidazole rings is 1. The summed E-state index contributed by atoms with van der Waals surface area (Å²) in [4.78, 5) is 15.7. The van der Waals surface area contributed by atoms with E-state index in [9.17, 15) is 18.0 Å². The summed E-state index contributed by atoms with van der Waals surface area (Å²) in [6.45, 7) is 6.33. The molecule has 0 bridgehead atoms. The molecule has 4 aromatic rings. The molecule has 3 aromatic heterocycles. The molecular weight excluding hydrogens is 521 g/mol. The minimum Gasteiger partial charge on any atom is -0.376 e. The van der Waals surface area contributed by atoms with Crippen molar-refractivity contribution in [3.8, 4) is 5.69 Å². The van der Waals surface area contributed by atoms with Crippen molar-refractivity contribution in [1.29, 1.82) is 0 Å². The van der Waals surface area contributed by atoms with Crippen LogP contribution in [0.4, 0.5) is 13.2 Å². The second kappa shape index (κ2) is 9.88. The number of ether oxygens (including phenoxy) is 1. The van der Waals surface area contributed by atoms with Gasteiger partial charge in [0, 0.05) is 39.1 Å². The molecule has 0 spiro atoms. The van der Waals surface area contributed by atoms with Crippen molar-refractivity contribution in [2.45, 2.75) is 57.3 Å². The van der Waals surface area contributed by atoms with Crippen molar-refractivity contribution in [3.63, 3.8) is 0 Å². The number of nitrogens with zero attached hydrogens (tertiary/aromatic N) is 6. The molecule has 8 nitrogen and oxygen atoms in total. The number of alkyl halides is 3. The highest BCUT2D eigenvalue weighted by Crippen LogP contribution is 2.51. The van der Waals surface area contributed by atoms with E-state index in [1.165, 1.54) is 16.8 Å². The molecule has 4 heterocycles. The molecule has 1 saturated carbocycles. The summed E-state index contributed by atoms with van der Waals surface area (Å²) >= 11 is 0. The Balaban J connectivity index is 1.42. The second-order valence-corrected chi connectivity index (χ2v) is 11.3. The molecule has 1 aromatic carbocycles. The number of benzene rings is 1. The molecule has 6 rings (SSSR count). The number of morpholine rings is 1. The summed E-state index contributed by atoms with van der Waals surface area (Å²) in [7, 11) is 1.91. The predicted molar refractivity (Wildman–Crippen MR) is 143 cm³/mol. The lowest BCUT2D eigenvalue weighted by atomic mass is 9.58. The van der Waals surface area contributed by atoms with E-state index >= 15 is 0 Å². The first-order valence-electron chi connectivity index (χ1n) is 13.7. The molecule has 0 unspecified atom stereocenters. The monoisotopic (exact) mass is 554 g/mol. The van der Waals surface area contributed by atoms with Crippen LogP contribution in [0.3, 0.4) is 0 Å². The van der Waals surface area contributed by atoms with E-state index in [0.717, 1.165) is 35.1 Å². The molecule has 11 heteroatoms. The maximum absolute atomic E-state index is 14.3. The van der Waals surface area contributed by atoms with Crippen LogP contribution in [-0.4, -0.2) is 54.4 Å². The van der Waals surface area contributed by atoms with E-state index < -0.39 is 17.4 Å². The zero-order valence-corrected chi connectivity index (χ0v) is 22.9. The molecule has 2 fully saturated rings. The highest BCUT2D eigenvalue weighted by molar-refractivity contribution is 5.58. The first-order valence-corrected chi connectivity index (χ1v) is 13.7. The number of hydrogen-bond acceptors (Lipinski definition) is 5. The van der Waals surface area contributed by atoms with Crippen LogP contribution in [0, 0.1) is 5.92 Å². The number of aromatic nitrogens is 5. The highest BCUT2D eigenvalue weighted by Gasteiger charge is 2.48. The van der Waals surface area contributed by atoms with Crippen LogP contribution in [0.2, 0.25) is 0 Å². The molecule has 1 atom stereocenters. The summed E-state index contributed by atoms with van der Waals surface area (Å²) in [5.74, 6) is 1.33. The molecule has 2 aliphatic rings. The van der Waals surface area contributed by atoms with Crippen molar-refractivity contribution in [2.75, 3.05) is 19.7 Å². The van der Waals surface area contributed by atoms with Crippen molar-refractivity contribution in [3.05, 3.63) is 82.1 Å². The van der Waals surface area contributed by atoms with Crippen LogP contribution < -0.4 is 5.69 Å². The Morgan fingerprint density at radius 3 is 2.65 bits per heavy atom. The number of hydrogen-bond donors (Lipinski definition) is 0. The van der Waals surface area contributed by atoms with E-state index in [4.69, 9.17) is 4.74 Å². The van der Waals surface area contributed by atoms with Gasteiger partial charge in [-0.15, -0.1) is 10.2 Å². The van der Waals surface area contributed by atoms with Crippen LogP contribution >= 0.6 is 0 Å². The smallest absolute Gasteiger partial charge is 0.376 e. The van der Waals surface area contributed by atoms with Crippen LogP contribution in [0.15, 0.2) is 53.8 Å².